The van der Waals surface area contributed by atoms with Gasteiger partial charge in [-0.15, -0.1) is 0 Å². The number of hydrogen-bond acceptors (Lipinski definition) is 4. The smallest absolute Gasteiger partial charge is 0.240 e. The molecular formula is C17H19FN2O4S. The van der Waals surface area contributed by atoms with Gasteiger partial charge in [0.1, 0.15) is 11.6 Å². The van der Waals surface area contributed by atoms with Crippen LogP contribution in [0.5, 0.6) is 5.75 Å². The van der Waals surface area contributed by atoms with Crippen LogP contribution in [0.3, 0.4) is 0 Å². The number of carbonyl (C=O) groups excluding carboxylic acids is 1. The van der Waals surface area contributed by atoms with Crippen LogP contribution >= 0.6 is 0 Å². The number of ether oxygens (including phenoxy) is 1. The molecule has 0 heterocycles. The molecule has 0 aliphatic heterocycles. The Balaban J connectivity index is 1.92. The van der Waals surface area contributed by atoms with E-state index < -0.39 is 15.8 Å². The van der Waals surface area contributed by atoms with Gasteiger partial charge in [-0.2, -0.15) is 0 Å². The van der Waals surface area contributed by atoms with Crippen LogP contribution in [0.2, 0.25) is 0 Å². The number of sulfonamides is 1. The third-order valence-corrected chi connectivity index (χ3v) is 4.87. The molecule has 0 atom stereocenters. The molecule has 0 bridgehead atoms. The van der Waals surface area contributed by atoms with E-state index in [-0.39, 0.29) is 23.8 Å². The molecule has 0 saturated carbocycles. The van der Waals surface area contributed by atoms with E-state index in [1.807, 2.05) is 13.0 Å². The van der Waals surface area contributed by atoms with Crippen LogP contribution in [0.4, 0.5) is 10.1 Å². The van der Waals surface area contributed by atoms with E-state index in [9.17, 15) is 17.6 Å². The number of anilines is 1. The van der Waals surface area contributed by atoms with E-state index in [1.165, 1.54) is 7.11 Å². The van der Waals surface area contributed by atoms with Crippen molar-refractivity contribution in [1.82, 2.24) is 4.72 Å². The fourth-order valence-corrected chi connectivity index (χ4v) is 3.16. The fourth-order valence-electron chi connectivity index (χ4n) is 2.13. The number of halogens is 1. The highest BCUT2D eigenvalue weighted by atomic mass is 32.2. The zero-order valence-corrected chi connectivity index (χ0v) is 14.7. The Morgan fingerprint density at radius 1 is 1.16 bits per heavy atom. The van der Waals surface area contributed by atoms with Gasteiger partial charge in [0, 0.05) is 13.0 Å². The molecule has 134 valence electrons. The highest BCUT2D eigenvalue weighted by Crippen LogP contribution is 2.25. The number of methoxy groups -OCH3 is 1. The van der Waals surface area contributed by atoms with Crippen molar-refractivity contribution in [3.05, 3.63) is 53.8 Å². The number of amides is 1. The Bertz CT molecular complexity index is 851. The Labute approximate surface area is 146 Å². The summed E-state index contributed by atoms with van der Waals surface area (Å²) in [5.74, 6) is -0.359. The van der Waals surface area contributed by atoms with Gasteiger partial charge in [-0.1, -0.05) is 6.07 Å². The topological polar surface area (TPSA) is 84.5 Å². The van der Waals surface area contributed by atoms with Crippen LogP contribution in [0.25, 0.3) is 0 Å². The summed E-state index contributed by atoms with van der Waals surface area (Å²) in [5.41, 5.74) is 1.47. The van der Waals surface area contributed by atoms with Gasteiger partial charge in [0.05, 0.1) is 17.7 Å². The number of hydrogen-bond donors (Lipinski definition) is 2. The van der Waals surface area contributed by atoms with Crippen molar-refractivity contribution in [2.45, 2.75) is 18.2 Å². The van der Waals surface area contributed by atoms with E-state index in [0.717, 1.165) is 29.8 Å². The molecule has 0 spiro atoms. The summed E-state index contributed by atoms with van der Waals surface area (Å²) in [6.45, 7) is 1.80. The lowest BCUT2D eigenvalue weighted by Gasteiger charge is -2.11. The van der Waals surface area contributed by atoms with Crippen LogP contribution in [0.1, 0.15) is 12.0 Å². The normalized spacial score (nSPS) is 11.2. The molecule has 8 heteroatoms. The third-order valence-electron chi connectivity index (χ3n) is 3.40. The van der Waals surface area contributed by atoms with E-state index in [0.29, 0.717) is 11.4 Å². The van der Waals surface area contributed by atoms with E-state index in [4.69, 9.17) is 4.74 Å². The third kappa shape index (κ3) is 5.27. The molecule has 25 heavy (non-hydrogen) atoms. The highest BCUT2D eigenvalue weighted by molar-refractivity contribution is 7.89. The summed E-state index contributed by atoms with van der Waals surface area (Å²) in [6.07, 6.45) is -0.0580. The average molecular weight is 366 g/mol. The average Bonchev–Trinajstić information content (AvgIpc) is 2.55. The van der Waals surface area contributed by atoms with Crippen molar-refractivity contribution in [3.63, 3.8) is 0 Å². The fraction of sp³-hybridized carbons (Fsp3) is 0.235. The molecule has 2 N–H and O–H groups in total. The van der Waals surface area contributed by atoms with Crippen molar-refractivity contribution >= 4 is 21.6 Å². The van der Waals surface area contributed by atoms with Crippen LogP contribution < -0.4 is 14.8 Å². The minimum atomic E-state index is -3.79. The van der Waals surface area contributed by atoms with Gasteiger partial charge in [0.25, 0.3) is 0 Å². The molecule has 2 aromatic rings. The van der Waals surface area contributed by atoms with E-state index in [2.05, 4.69) is 10.0 Å². The first kappa shape index (κ1) is 18.9. The molecule has 6 nitrogen and oxygen atoms in total. The molecule has 2 aromatic carbocycles. The van der Waals surface area contributed by atoms with Crippen LogP contribution in [0.15, 0.2) is 47.4 Å². The van der Waals surface area contributed by atoms with Gasteiger partial charge in [0.15, 0.2) is 0 Å². The summed E-state index contributed by atoms with van der Waals surface area (Å²) in [7, 11) is -2.29. The predicted octanol–water partition coefficient (Wildman–Crippen LogP) is 2.45. The van der Waals surface area contributed by atoms with Crippen LogP contribution in [0, 0.1) is 12.7 Å². The second-order valence-electron chi connectivity index (χ2n) is 5.35. The molecule has 0 fully saturated rings. The molecule has 1 amide bonds. The minimum Gasteiger partial charge on any atom is -0.495 e. The molecule has 0 aromatic heterocycles. The first-order valence-electron chi connectivity index (χ1n) is 7.51. The second-order valence-corrected chi connectivity index (χ2v) is 7.12. The Hall–Kier alpha value is -2.45. The van der Waals surface area contributed by atoms with Crippen molar-refractivity contribution < 1.29 is 22.3 Å². The highest BCUT2D eigenvalue weighted by Gasteiger charge is 2.14. The Kier molecular flexibility index (Phi) is 6.11. The van der Waals surface area contributed by atoms with Gasteiger partial charge in [-0.25, -0.2) is 17.5 Å². The summed E-state index contributed by atoms with van der Waals surface area (Å²) in [5, 5.41) is 2.69. The van der Waals surface area contributed by atoms with Gasteiger partial charge < -0.3 is 10.1 Å². The maximum atomic E-state index is 12.9. The summed E-state index contributed by atoms with van der Waals surface area (Å²) < 4.78 is 44.4. The van der Waals surface area contributed by atoms with E-state index in [1.54, 1.807) is 12.1 Å². The number of benzene rings is 2. The summed E-state index contributed by atoms with van der Waals surface area (Å²) in [4.78, 5) is 11.9. The van der Waals surface area contributed by atoms with Crippen LogP contribution in [-0.2, 0) is 14.8 Å². The minimum absolute atomic E-state index is 0.0580. The van der Waals surface area contributed by atoms with Crippen molar-refractivity contribution in [2.24, 2.45) is 0 Å². The van der Waals surface area contributed by atoms with Gasteiger partial charge in [-0.3, -0.25) is 4.79 Å². The second kappa shape index (κ2) is 8.09. The van der Waals surface area contributed by atoms with Crippen molar-refractivity contribution in [1.29, 1.82) is 0 Å². The Morgan fingerprint density at radius 3 is 2.48 bits per heavy atom. The Morgan fingerprint density at radius 2 is 1.84 bits per heavy atom. The molecule has 2 rings (SSSR count). The first-order chi connectivity index (χ1) is 11.8. The molecule has 0 radical (unpaired) electrons. The summed E-state index contributed by atoms with van der Waals surface area (Å²) in [6, 6.07) is 9.80. The first-order valence-corrected chi connectivity index (χ1v) is 9.00. The molecule has 0 aliphatic carbocycles. The van der Waals surface area contributed by atoms with Gasteiger partial charge >= 0.3 is 0 Å². The maximum absolute atomic E-state index is 12.9. The number of nitrogens with one attached hydrogen (secondary N) is 2. The monoisotopic (exact) mass is 366 g/mol. The lowest BCUT2D eigenvalue weighted by Crippen LogP contribution is -2.28. The van der Waals surface area contributed by atoms with Gasteiger partial charge in [-0.05, 0) is 48.9 Å². The molecule has 0 unspecified atom stereocenters. The number of carbonyl (C=O) groups is 1. The lowest BCUT2D eigenvalue weighted by molar-refractivity contribution is -0.116. The van der Waals surface area contributed by atoms with E-state index >= 15 is 0 Å². The zero-order valence-electron chi connectivity index (χ0n) is 13.9. The van der Waals surface area contributed by atoms with Crippen LogP contribution in [-0.4, -0.2) is 28.0 Å². The molecular weight excluding hydrogens is 347 g/mol. The molecule has 0 saturated heterocycles. The lowest BCUT2D eigenvalue weighted by atomic mass is 10.2. The van der Waals surface area contributed by atoms with Gasteiger partial charge in [0.2, 0.25) is 15.9 Å². The molecule has 0 aliphatic rings. The van der Waals surface area contributed by atoms with Crippen molar-refractivity contribution in [2.75, 3.05) is 19.0 Å². The SMILES string of the molecule is COc1ccc(C)cc1NC(=O)CCNS(=O)(=O)c1ccc(F)cc1. The summed E-state index contributed by atoms with van der Waals surface area (Å²) >= 11 is 0. The van der Waals surface area contributed by atoms with Crippen molar-refractivity contribution in [3.8, 4) is 5.75 Å². The standard InChI is InChI=1S/C17H19FN2O4S/c1-12-3-8-16(24-2)15(11-12)20-17(21)9-10-19-25(22,23)14-6-4-13(18)5-7-14/h3-8,11,19H,9-10H2,1-2H3,(H,20,21). The largest absolute Gasteiger partial charge is 0.495 e. The number of aryl methyl sites for hydroxylation is 1. The number of rotatable bonds is 7. The predicted molar refractivity (Wildman–Crippen MR) is 92.6 cm³/mol. The quantitative estimate of drug-likeness (QED) is 0.788. The zero-order chi connectivity index (χ0) is 18.4. The maximum Gasteiger partial charge on any atom is 0.240 e.